The van der Waals surface area contributed by atoms with E-state index in [4.69, 9.17) is 16.3 Å². The Balaban J connectivity index is 1.44. The number of benzene rings is 2. The molecule has 3 N–H and O–H groups in total. The standard InChI is InChI=1S/C25H26ClFN4O5S/c1-30-24-18-10-16(26)6-7-21(18)36-13-19(24)23(29-30)25(33)31(11-15-4-2-3-5-20(15)27)12-22(32)28-17-8-9-37(34,35)14-17/h2-7,10,17,34-35H,8-9,11-14H2,1H3,(H,28,32). The van der Waals surface area contributed by atoms with Gasteiger partial charge in [0.1, 0.15) is 24.7 Å². The van der Waals surface area contributed by atoms with Gasteiger partial charge in [0.2, 0.25) is 5.91 Å². The van der Waals surface area contributed by atoms with Crippen LogP contribution in [0.1, 0.15) is 28.0 Å². The molecule has 0 bridgehead atoms. The van der Waals surface area contributed by atoms with Crippen molar-refractivity contribution in [3.8, 4) is 17.0 Å². The summed E-state index contributed by atoms with van der Waals surface area (Å²) in [6, 6.07) is 10.8. The molecule has 3 heterocycles. The first-order chi connectivity index (χ1) is 17.6. The summed E-state index contributed by atoms with van der Waals surface area (Å²) in [6.45, 7) is -0.427. The van der Waals surface area contributed by atoms with Gasteiger partial charge in [-0.1, -0.05) is 29.8 Å². The van der Waals surface area contributed by atoms with Crippen molar-refractivity contribution in [2.24, 2.45) is 7.05 Å². The van der Waals surface area contributed by atoms with Crippen molar-refractivity contribution in [3.63, 3.8) is 0 Å². The number of nitrogens with one attached hydrogen (secondary N) is 1. The smallest absolute Gasteiger partial charge is 0.275 e. The zero-order valence-electron chi connectivity index (χ0n) is 20.0. The molecule has 0 aliphatic carbocycles. The van der Waals surface area contributed by atoms with E-state index in [1.807, 2.05) is 0 Å². The van der Waals surface area contributed by atoms with Crippen molar-refractivity contribution >= 4 is 34.0 Å². The van der Waals surface area contributed by atoms with Crippen LogP contribution in [0.2, 0.25) is 5.02 Å². The van der Waals surface area contributed by atoms with Gasteiger partial charge in [-0.25, -0.2) is 4.39 Å². The predicted molar refractivity (Wildman–Crippen MR) is 138 cm³/mol. The number of nitrogens with zero attached hydrogens (tertiary/aromatic N) is 3. The second-order valence-electron chi connectivity index (χ2n) is 9.21. The molecule has 37 heavy (non-hydrogen) atoms. The fraction of sp³-hybridized carbons (Fsp3) is 0.320. The summed E-state index contributed by atoms with van der Waals surface area (Å²) in [5, 5.41) is 7.72. The molecule has 1 unspecified atom stereocenters. The molecule has 0 spiro atoms. The van der Waals surface area contributed by atoms with E-state index >= 15 is 0 Å². The minimum atomic E-state index is -2.70. The molecule has 0 saturated carbocycles. The molecule has 5 rings (SSSR count). The van der Waals surface area contributed by atoms with Gasteiger partial charge in [-0.2, -0.15) is 15.7 Å². The Morgan fingerprint density at radius 2 is 2.08 bits per heavy atom. The van der Waals surface area contributed by atoms with Gasteiger partial charge < -0.3 is 15.0 Å². The summed E-state index contributed by atoms with van der Waals surface area (Å²) in [7, 11) is -0.993. The Kier molecular flexibility index (Phi) is 6.88. The first-order valence-electron chi connectivity index (χ1n) is 11.7. The zero-order valence-corrected chi connectivity index (χ0v) is 21.6. The molecule has 2 aliphatic rings. The van der Waals surface area contributed by atoms with Crippen molar-refractivity contribution in [1.29, 1.82) is 0 Å². The number of hydrogen-bond donors (Lipinski definition) is 3. The first-order valence-corrected chi connectivity index (χ1v) is 13.9. The minimum Gasteiger partial charge on any atom is -0.488 e. The Labute approximate surface area is 219 Å². The van der Waals surface area contributed by atoms with Gasteiger partial charge in [0.05, 0.1) is 11.4 Å². The Morgan fingerprint density at radius 1 is 1.30 bits per heavy atom. The van der Waals surface area contributed by atoms with Gasteiger partial charge in [0, 0.05) is 47.1 Å². The number of fused-ring (bicyclic) bond motifs is 3. The summed E-state index contributed by atoms with van der Waals surface area (Å²) in [5.74, 6) is -0.622. The SMILES string of the molecule is Cn1nc(C(=O)N(CC(=O)NC2CCS(O)(O)C2)Cc2ccccc2F)c2c1-c1cc(Cl)ccc1OC2. The molecule has 1 saturated heterocycles. The van der Waals surface area contributed by atoms with Crippen molar-refractivity contribution in [3.05, 3.63) is 70.1 Å². The van der Waals surface area contributed by atoms with E-state index in [9.17, 15) is 23.1 Å². The highest BCUT2D eigenvalue weighted by Crippen LogP contribution is 2.45. The van der Waals surface area contributed by atoms with Gasteiger partial charge in [-0.3, -0.25) is 23.4 Å². The second kappa shape index (κ2) is 9.97. The van der Waals surface area contributed by atoms with E-state index in [0.717, 1.165) is 0 Å². The van der Waals surface area contributed by atoms with E-state index in [1.54, 1.807) is 48.1 Å². The number of rotatable bonds is 6. The number of ether oxygens (including phenoxy) is 1. The molecule has 9 nitrogen and oxygen atoms in total. The lowest BCUT2D eigenvalue weighted by Gasteiger charge is -2.26. The maximum absolute atomic E-state index is 14.5. The van der Waals surface area contributed by atoms with Crippen molar-refractivity contribution in [1.82, 2.24) is 20.0 Å². The number of hydrogen-bond acceptors (Lipinski definition) is 6. The lowest BCUT2D eigenvalue weighted by Crippen LogP contribution is -2.44. The quantitative estimate of drug-likeness (QED) is 0.428. The number of carbonyl (C=O) groups excluding carboxylic acids is 2. The van der Waals surface area contributed by atoms with Crippen LogP contribution in [0.3, 0.4) is 0 Å². The molecule has 3 aromatic rings. The topological polar surface area (TPSA) is 117 Å². The number of amides is 2. The van der Waals surface area contributed by atoms with Gasteiger partial charge >= 0.3 is 0 Å². The van der Waals surface area contributed by atoms with E-state index in [1.165, 1.54) is 11.0 Å². The predicted octanol–water partition coefficient (Wildman–Crippen LogP) is 4.05. The highest BCUT2D eigenvalue weighted by molar-refractivity contribution is 8.24. The van der Waals surface area contributed by atoms with Gasteiger partial charge in [0.25, 0.3) is 5.91 Å². The van der Waals surface area contributed by atoms with Crippen LogP contribution in [0, 0.1) is 5.82 Å². The lowest BCUT2D eigenvalue weighted by atomic mass is 10.0. The summed E-state index contributed by atoms with van der Waals surface area (Å²) in [4.78, 5) is 27.9. The number of carbonyl (C=O) groups is 2. The molecule has 2 amide bonds. The molecular formula is C25H26ClFN4O5S. The molecule has 1 fully saturated rings. The molecule has 12 heteroatoms. The van der Waals surface area contributed by atoms with E-state index in [2.05, 4.69) is 10.4 Å². The lowest BCUT2D eigenvalue weighted by molar-refractivity contribution is -0.122. The Hall–Kier alpha value is -3.12. The monoisotopic (exact) mass is 548 g/mol. The van der Waals surface area contributed by atoms with Crippen LogP contribution in [0.5, 0.6) is 5.75 Å². The molecule has 2 aromatic carbocycles. The van der Waals surface area contributed by atoms with E-state index < -0.39 is 34.3 Å². The van der Waals surface area contributed by atoms with Crippen molar-refractivity contribution in [2.45, 2.75) is 25.6 Å². The van der Waals surface area contributed by atoms with Crippen molar-refractivity contribution < 1.29 is 27.8 Å². The minimum absolute atomic E-state index is 0.0764. The van der Waals surface area contributed by atoms with Crippen LogP contribution >= 0.6 is 22.2 Å². The zero-order chi connectivity index (χ0) is 26.3. The number of halogens is 2. The van der Waals surface area contributed by atoms with E-state index in [-0.39, 0.29) is 42.5 Å². The summed E-state index contributed by atoms with van der Waals surface area (Å²) in [6.07, 6.45) is 0.433. The third-order valence-corrected chi connectivity index (χ3v) is 8.54. The van der Waals surface area contributed by atoms with Gasteiger partial charge in [0.15, 0.2) is 5.69 Å². The molecule has 1 atom stereocenters. The van der Waals surface area contributed by atoms with Crippen LogP contribution in [0.15, 0.2) is 42.5 Å². The fourth-order valence-electron chi connectivity index (χ4n) is 4.74. The largest absolute Gasteiger partial charge is 0.488 e. The average Bonchev–Trinajstić information content (AvgIpc) is 3.37. The number of aromatic nitrogens is 2. The third kappa shape index (κ3) is 5.30. The Bertz CT molecular complexity index is 1380. The number of aryl methyl sites for hydroxylation is 1. The third-order valence-electron chi connectivity index (χ3n) is 6.48. The summed E-state index contributed by atoms with van der Waals surface area (Å²) < 4.78 is 41.7. The highest BCUT2D eigenvalue weighted by atomic mass is 35.5. The van der Waals surface area contributed by atoms with Crippen LogP contribution in [-0.2, 0) is 25.0 Å². The van der Waals surface area contributed by atoms with Gasteiger partial charge in [-0.05, 0) is 30.7 Å². The average molecular weight is 549 g/mol. The molecular weight excluding hydrogens is 523 g/mol. The second-order valence-corrected chi connectivity index (χ2v) is 12.0. The van der Waals surface area contributed by atoms with E-state index in [0.29, 0.717) is 34.0 Å². The van der Waals surface area contributed by atoms with Crippen LogP contribution in [-0.4, -0.2) is 59.7 Å². The van der Waals surface area contributed by atoms with Crippen LogP contribution in [0.4, 0.5) is 4.39 Å². The summed E-state index contributed by atoms with van der Waals surface area (Å²) >= 11 is 6.19. The molecule has 2 aliphatic heterocycles. The summed E-state index contributed by atoms with van der Waals surface area (Å²) in [5.41, 5.74) is 2.27. The maximum atomic E-state index is 14.5. The van der Waals surface area contributed by atoms with Crippen LogP contribution in [0.25, 0.3) is 11.3 Å². The highest BCUT2D eigenvalue weighted by Gasteiger charge is 2.33. The van der Waals surface area contributed by atoms with Gasteiger partial charge in [-0.15, -0.1) is 0 Å². The van der Waals surface area contributed by atoms with Crippen molar-refractivity contribution in [2.75, 3.05) is 18.1 Å². The van der Waals surface area contributed by atoms with Crippen LogP contribution < -0.4 is 10.1 Å². The maximum Gasteiger partial charge on any atom is 0.275 e. The fourth-order valence-corrected chi connectivity index (χ4v) is 6.63. The molecule has 0 radical (unpaired) electrons. The first kappa shape index (κ1) is 25.5. The molecule has 1 aromatic heterocycles. The molecule has 196 valence electrons. The normalized spacial score (nSPS) is 18.4. The Morgan fingerprint density at radius 3 is 2.81 bits per heavy atom.